The Kier molecular flexibility index (Phi) is 4.74. The number of carbonyl (C=O) groups excluding carboxylic acids is 1. The lowest BCUT2D eigenvalue weighted by atomic mass is 10.1. The lowest BCUT2D eigenvalue weighted by molar-refractivity contribution is -0.121. The predicted molar refractivity (Wildman–Crippen MR) is 88.1 cm³/mol. The van der Waals surface area contributed by atoms with Gasteiger partial charge in [-0.2, -0.15) is 0 Å². The van der Waals surface area contributed by atoms with Gasteiger partial charge in [0.1, 0.15) is 5.76 Å². The summed E-state index contributed by atoms with van der Waals surface area (Å²) < 4.78 is 10.8. The zero-order valence-electron chi connectivity index (χ0n) is 13.7. The van der Waals surface area contributed by atoms with E-state index in [9.17, 15) is 4.79 Å². The van der Waals surface area contributed by atoms with Crippen LogP contribution in [0.4, 0.5) is 0 Å². The van der Waals surface area contributed by atoms with Gasteiger partial charge in [-0.05, 0) is 25.5 Å². The van der Waals surface area contributed by atoms with Crippen molar-refractivity contribution in [2.24, 2.45) is 0 Å². The maximum Gasteiger partial charge on any atom is 0.251 e. The summed E-state index contributed by atoms with van der Waals surface area (Å²) in [7, 11) is 0. The lowest BCUT2D eigenvalue weighted by Crippen LogP contribution is -2.23. The second-order valence-electron chi connectivity index (χ2n) is 5.65. The molecule has 3 aromatic rings. The number of carbonyl (C=O) groups is 1. The van der Waals surface area contributed by atoms with Gasteiger partial charge in [-0.25, -0.2) is 0 Å². The summed E-state index contributed by atoms with van der Waals surface area (Å²) in [4.78, 5) is 11.9. The largest absolute Gasteiger partial charge is 0.469 e. The number of benzene rings is 1. The fourth-order valence-electron chi connectivity index (χ4n) is 2.29. The monoisotopic (exact) mass is 325 g/mol. The van der Waals surface area contributed by atoms with Gasteiger partial charge >= 0.3 is 0 Å². The molecule has 2 aromatic heterocycles. The van der Waals surface area contributed by atoms with Crippen molar-refractivity contribution in [3.63, 3.8) is 0 Å². The van der Waals surface area contributed by atoms with Crippen LogP contribution in [-0.4, -0.2) is 16.1 Å². The zero-order chi connectivity index (χ0) is 16.9. The molecule has 6 nitrogen and oxygen atoms in total. The maximum atomic E-state index is 11.9. The van der Waals surface area contributed by atoms with Crippen LogP contribution in [0.2, 0.25) is 0 Å². The third-order valence-electron chi connectivity index (χ3n) is 3.73. The fraction of sp³-hybridized carbons (Fsp3) is 0.278. The van der Waals surface area contributed by atoms with Crippen molar-refractivity contribution in [1.29, 1.82) is 0 Å². The van der Waals surface area contributed by atoms with Gasteiger partial charge in [-0.3, -0.25) is 4.79 Å². The Morgan fingerprint density at radius 3 is 2.62 bits per heavy atom. The van der Waals surface area contributed by atoms with Crippen molar-refractivity contribution >= 4 is 5.91 Å². The Morgan fingerprint density at radius 1 is 1.12 bits per heavy atom. The van der Waals surface area contributed by atoms with E-state index in [-0.39, 0.29) is 5.91 Å². The quantitative estimate of drug-likeness (QED) is 0.752. The molecule has 1 amide bonds. The topological polar surface area (TPSA) is 81.2 Å². The first-order valence-electron chi connectivity index (χ1n) is 7.81. The average molecular weight is 325 g/mol. The molecular formula is C18H19N3O3. The molecule has 0 atom stereocenters. The Hall–Kier alpha value is -2.89. The highest BCUT2D eigenvalue weighted by Gasteiger charge is 2.13. The summed E-state index contributed by atoms with van der Waals surface area (Å²) in [5.41, 5.74) is 3.05. The molecule has 2 heterocycles. The molecule has 0 spiro atoms. The Labute approximate surface area is 139 Å². The SMILES string of the molecule is Cc1ccc(CNC(=O)CCc2nnc(-c3ccoc3C)o2)cc1. The summed E-state index contributed by atoms with van der Waals surface area (Å²) >= 11 is 0. The maximum absolute atomic E-state index is 11.9. The molecule has 0 aliphatic rings. The fourth-order valence-corrected chi connectivity index (χ4v) is 2.29. The van der Waals surface area contributed by atoms with E-state index in [1.165, 1.54) is 5.56 Å². The molecule has 0 aliphatic heterocycles. The minimum atomic E-state index is -0.0465. The highest BCUT2D eigenvalue weighted by Crippen LogP contribution is 2.22. The van der Waals surface area contributed by atoms with Crippen LogP contribution in [0.15, 0.2) is 45.4 Å². The number of amides is 1. The Bertz CT molecular complexity index is 818. The van der Waals surface area contributed by atoms with Crippen LogP contribution >= 0.6 is 0 Å². The van der Waals surface area contributed by atoms with Crippen molar-refractivity contribution in [3.8, 4) is 11.5 Å². The molecule has 0 radical (unpaired) electrons. The standard InChI is InChI=1S/C18H19N3O3/c1-12-3-5-14(6-4-12)11-19-16(22)7-8-17-20-21-18(24-17)15-9-10-23-13(15)2/h3-6,9-10H,7-8,11H2,1-2H3,(H,19,22). The second-order valence-corrected chi connectivity index (χ2v) is 5.65. The molecule has 1 aromatic carbocycles. The molecule has 3 rings (SSSR count). The number of furan rings is 1. The molecule has 0 saturated heterocycles. The molecule has 6 heteroatoms. The number of rotatable bonds is 6. The van der Waals surface area contributed by atoms with Gasteiger partial charge in [0.25, 0.3) is 5.89 Å². The van der Waals surface area contributed by atoms with E-state index in [1.807, 2.05) is 38.1 Å². The van der Waals surface area contributed by atoms with Gasteiger partial charge in [0.15, 0.2) is 0 Å². The van der Waals surface area contributed by atoms with Gasteiger partial charge in [0, 0.05) is 19.4 Å². The number of hydrogen-bond donors (Lipinski definition) is 1. The minimum Gasteiger partial charge on any atom is -0.469 e. The van der Waals surface area contributed by atoms with Crippen LogP contribution in [0.3, 0.4) is 0 Å². The normalized spacial score (nSPS) is 10.8. The van der Waals surface area contributed by atoms with Crippen molar-refractivity contribution < 1.29 is 13.6 Å². The van der Waals surface area contributed by atoms with Gasteiger partial charge in [-0.1, -0.05) is 29.8 Å². The number of aryl methyl sites for hydroxylation is 3. The third kappa shape index (κ3) is 3.90. The summed E-state index contributed by atoms with van der Waals surface area (Å²) in [5.74, 6) is 1.53. The first-order chi connectivity index (χ1) is 11.6. The van der Waals surface area contributed by atoms with Crippen molar-refractivity contribution in [2.45, 2.75) is 33.2 Å². The Balaban J connectivity index is 1.49. The molecule has 0 bridgehead atoms. The highest BCUT2D eigenvalue weighted by atomic mass is 16.4. The van der Waals surface area contributed by atoms with Crippen molar-refractivity contribution in [2.75, 3.05) is 0 Å². The summed E-state index contributed by atoms with van der Waals surface area (Å²) in [6.45, 7) is 4.38. The zero-order valence-corrected chi connectivity index (χ0v) is 13.7. The number of hydrogen-bond acceptors (Lipinski definition) is 5. The molecule has 0 fully saturated rings. The van der Waals surface area contributed by atoms with Crippen LogP contribution in [0.5, 0.6) is 0 Å². The number of nitrogens with one attached hydrogen (secondary N) is 1. The van der Waals surface area contributed by atoms with Crippen molar-refractivity contribution in [1.82, 2.24) is 15.5 Å². The average Bonchev–Trinajstić information content (AvgIpc) is 3.21. The molecule has 0 aliphatic carbocycles. The van der Waals surface area contributed by atoms with Gasteiger partial charge in [-0.15, -0.1) is 10.2 Å². The first-order valence-corrected chi connectivity index (χ1v) is 7.81. The molecule has 24 heavy (non-hydrogen) atoms. The smallest absolute Gasteiger partial charge is 0.251 e. The van der Waals surface area contributed by atoms with Crippen LogP contribution < -0.4 is 5.32 Å². The summed E-state index contributed by atoms with van der Waals surface area (Å²) in [6, 6.07) is 9.85. The van der Waals surface area contributed by atoms with Gasteiger partial charge < -0.3 is 14.2 Å². The molecule has 0 unspecified atom stereocenters. The summed E-state index contributed by atoms with van der Waals surface area (Å²) in [6.07, 6.45) is 2.29. The van der Waals surface area contributed by atoms with E-state index < -0.39 is 0 Å². The summed E-state index contributed by atoms with van der Waals surface area (Å²) in [5, 5.41) is 10.9. The van der Waals surface area contributed by atoms with Crippen LogP contribution in [-0.2, 0) is 17.8 Å². The third-order valence-corrected chi connectivity index (χ3v) is 3.73. The van der Waals surface area contributed by atoms with E-state index in [0.717, 1.165) is 16.9 Å². The van der Waals surface area contributed by atoms with E-state index in [0.29, 0.717) is 31.2 Å². The van der Waals surface area contributed by atoms with E-state index in [4.69, 9.17) is 8.83 Å². The lowest BCUT2D eigenvalue weighted by Gasteiger charge is -2.04. The molecular weight excluding hydrogens is 306 g/mol. The molecule has 124 valence electrons. The second kappa shape index (κ2) is 7.12. The molecule has 0 saturated carbocycles. The number of aromatic nitrogens is 2. The predicted octanol–water partition coefficient (Wildman–Crippen LogP) is 3.20. The van der Waals surface area contributed by atoms with E-state index in [1.54, 1.807) is 12.3 Å². The molecule has 1 N–H and O–H groups in total. The van der Waals surface area contributed by atoms with Crippen LogP contribution in [0, 0.1) is 13.8 Å². The van der Waals surface area contributed by atoms with Gasteiger partial charge in [0.2, 0.25) is 11.8 Å². The number of nitrogens with zero attached hydrogens (tertiary/aromatic N) is 2. The minimum absolute atomic E-state index is 0.0465. The Morgan fingerprint density at radius 2 is 1.92 bits per heavy atom. The van der Waals surface area contributed by atoms with Gasteiger partial charge in [0.05, 0.1) is 11.8 Å². The van der Waals surface area contributed by atoms with Crippen molar-refractivity contribution in [3.05, 3.63) is 59.4 Å². The van der Waals surface area contributed by atoms with E-state index in [2.05, 4.69) is 15.5 Å². The first kappa shape index (κ1) is 16.0. The van der Waals surface area contributed by atoms with Crippen LogP contribution in [0.25, 0.3) is 11.5 Å². The van der Waals surface area contributed by atoms with E-state index >= 15 is 0 Å². The van der Waals surface area contributed by atoms with Crippen LogP contribution in [0.1, 0.15) is 29.2 Å². The highest BCUT2D eigenvalue weighted by molar-refractivity contribution is 5.76.